The summed E-state index contributed by atoms with van der Waals surface area (Å²) in [5.41, 5.74) is 6.13. The first-order valence-corrected chi connectivity index (χ1v) is 5.88. The maximum atomic E-state index is 12.7. The molecule has 1 rings (SSSR count). The Morgan fingerprint density at radius 3 is 2.39 bits per heavy atom. The lowest BCUT2D eigenvalue weighted by molar-refractivity contribution is -0.148. The van der Waals surface area contributed by atoms with E-state index in [0.717, 1.165) is 0 Å². The van der Waals surface area contributed by atoms with Crippen molar-refractivity contribution in [2.75, 3.05) is 0 Å². The smallest absolute Gasteiger partial charge is 0.338 e. The lowest BCUT2D eigenvalue weighted by Crippen LogP contribution is -2.18. The van der Waals surface area contributed by atoms with Crippen LogP contribution in [0.2, 0.25) is 0 Å². The van der Waals surface area contributed by atoms with Gasteiger partial charge in [-0.2, -0.15) is 0 Å². The highest BCUT2D eigenvalue weighted by atomic mass is 19.1. The molecule has 0 amide bonds. The lowest BCUT2D eigenvalue weighted by Gasteiger charge is -2.08. The fourth-order valence-corrected chi connectivity index (χ4v) is 1.46. The van der Waals surface area contributed by atoms with Crippen LogP contribution >= 0.6 is 0 Å². The number of rotatable bonds is 5. The molecule has 18 heavy (non-hydrogen) atoms. The van der Waals surface area contributed by atoms with Gasteiger partial charge in [0.25, 0.3) is 0 Å². The van der Waals surface area contributed by atoms with Crippen LogP contribution in [0, 0.1) is 11.7 Å². The number of hydrogen-bond acceptors (Lipinski definition) is 3. The first kappa shape index (κ1) is 14.2. The van der Waals surface area contributed by atoms with Crippen molar-refractivity contribution in [2.45, 2.75) is 26.7 Å². The third-order valence-electron chi connectivity index (χ3n) is 2.69. The molecule has 2 N–H and O–H groups in total. The Hall–Kier alpha value is -1.91. The second-order valence-corrected chi connectivity index (χ2v) is 3.91. The quantitative estimate of drug-likeness (QED) is 0.379. The molecule has 0 aliphatic carbocycles. The zero-order valence-corrected chi connectivity index (χ0v) is 10.5. The second-order valence-electron chi connectivity index (χ2n) is 3.91. The molecule has 0 radical (unpaired) electrons. The van der Waals surface area contributed by atoms with Gasteiger partial charge in [0.15, 0.2) is 5.84 Å². The van der Waals surface area contributed by atoms with E-state index in [1.54, 1.807) is 0 Å². The summed E-state index contributed by atoms with van der Waals surface area (Å²) < 4.78 is 12.7. The van der Waals surface area contributed by atoms with Gasteiger partial charge in [-0.15, -0.1) is 0 Å². The molecule has 0 aromatic heterocycles. The molecule has 0 saturated carbocycles. The molecule has 1 aromatic rings. The summed E-state index contributed by atoms with van der Waals surface area (Å²) in [6, 6.07) is 5.47. The molecule has 0 aliphatic heterocycles. The molecule has 5 heteroatoms. The van der Waals surface area contributed by atoms with E-state index in [9.17, 15) is 9.18 Å². The fourth-order valence-electron chi connectivity index (χ4n) is 1.46. The second kappa shape index (κ2) is 6.74. The van der Waals surface area contributed by atoms with Crippen molar-refractivity contribution in [3.8, 4) is 0 Å². The maximum absolute atomic E-state index is 12.7. The van der Waals surface area contributed by atoms with Crippen LogP contribution in [0.3, 0.4) is 0 Å². The molecule has 4 nitrogen and oxygen atoms in total. The SMILES string of the molecule is CCC(CC)C(=O)O/N=C(\N)c1ccc(F)cc1. The van der Waals surface area contributed by atoms with Gasteiger partial charge in [0.2, 0.25) is 0 Å². The molecule has 0 saturated heterocycles. The van der Waals surface area contributed by atoms with E-state index >= 15 is 0 Å². The molecular formula is C13H17FN2O2. The van der Waals surface area contributed by atoms with Crippen LogP contribution in [0.5, 0.6) is 0 Å². The summed E-state index contributed by atoms with van der Waals surface area (Å²) in [7, 11) is 0. The molecular weight excluding hydrogens is 235 g/mol. The molecule has 0 spiro atoms. The molecule has 0 fully saturated rings. The Kier molecular flexibility index (Phi) is 5.30. The van der Waals surface area contributed by atoms with E-state index in [-0.39, 0.29) is 17.6 Å². The summed E-state index contributed by atoms with van der Waals surface area (Å²) in [6.07, 6.45) is 1.39. The maximum Gasteiger partial charge on any atom is 0.338 e. The van der Waals surface area contributed by atoms with Crippen molar-refractivity contribution >= 4 is 11.8 Å². The van der Waals surface area contributed by atoms with Crippen LogP contribution in [0.15, 0.2) is 29.4 Å². The van der Waals surface area contributed by atoms with E-state index in [1.165, 1.54) is 24.3 Å². The zero-order valence-electron chi connectivity index (χ0n) is 10.5. The summed E-state index contributed by atoms with van der Waals surface area (Å²) in [5, 5.41) is 3.56. The van der Waals surface area contributed by atoms with Crippen LogP contribution in [-0.4, -0.2) is 11.8 Å². The van der Waals surface area contributed by atoms with Gasteiger partial charge < -0.3 is 10.6 Å². The molecule has 1 aromatic carbocycles. The average molecular weight is 252 g/mol. The van der Waals surface area contributed by atoms with Gasteiger partial charge in [-0.25, -0.2) is 9.18 Å². The van der Waals surface area contributed by atoms with Crippen molar-refractivity contribution in [3.63, 3.8) is 0 Å². The van der Waals surface area contributed by atoms with Crippen LogP contribution in [0.1, 0.15) is 32.3 Å². The number of halogens is 1. The standard InChI is InChI=1S/C13H17FN2O2/c1-3-9(4-2)13(17)18-16-12(15)10-5-7-11(14)8-6-10/h5-9H,3-4H2,1-2H3,(H2,15,16). The predicted molar refractivity (Wildman–Crippen MR) is 67.3 cm³/mol. The normalized spacial score (nSPS) is 11.7. The number of carbonyl (C=O) groups excluding carboxylic acids is 1. The number of carbonyl (C=O) groups is 1. The van der Waals surface area contributed by atoms with Crippen molar-refractivity contribution in [2.24, 2.45) is 16.8 Å². The third-order valence-corrected chi connectivity index (χ3v) is 2.69. The number of nitrogens with two attached hydrogens (primary N) is 1. The van der Waals surface area contributed by atoms with E-state index in [1.807, 2.05) is 13.8 Å². The summed E-state index contributed by atoms with van der Waals surface area (Å²) >= 11 is 0. The highest BCUT2D eigenvalue weighted by Crippen LogP contribution is 2.10. The van der Waals surface area contributed by atoms with Gasteiger partial charge in [-0.3, -0.25) is 0 Å². The number of hydrogen-bond donors (Lipinski definition) is 1. The zero-order chi connectivity index (χ0) is 13.5. The molecule has 98 valence electrons. The highest BCUT2D eigenvalue weighted by molar-refractivity contribution is 5.97. The molecule has 0 heterocycles. The lowest BCUT2D eigenvalue weighted by atomic mass is 10.0. The Morgan fingerprint density at radius 2 is 1.89 bits per heavy atom. The van der Waals surface area contributed by atoms with Gasteiger partial charge in [-0.1, -0.05) is 19.0 Å². The molecule has 0 unspecified atom stereocenters. The third kappa shape index (κ3) is 3.84. The monoisotopic (exact) mass is 252 g/mol. The largest absolute Gasteiger partial charge is 0.380 e. The Labute approximate surface area is 106 Å². The summed E-state index contributed by atoms with van der Waals surface area (Å²) in [5.74, 6) is -0.880. The van der Waals surface area contributed by atoms with Crippen molar-refractivity contribution < 1.29 is 14.0 Å². The molecule has 0 atom stereocenters. The van der Waals surface area contributed by atoms with E-state index in [2.05, 4.69) is 5.16 Å². The minimum absolute atomic E-state index is 0.0503. The predicted octanol–water partition coefficient (Wildman–Crippen LogP) is 2.43. The minimum Gasteiger partial charge on any atom is -0.380 e. The van der Waals surface area contributed by atoms with E-state index in [4.69, 9.17) is 10.6 Å². The van der Waals surface area contributed by atoms with Crippen molar-refractivity contribution in [3.05, 3.63) is 35.6 Å². The van der Waals surface area contributed by atoms with E-state index < -0.39 is 5.97 Å². The van der Waals surface area contributed by atoms with Gasteiger partial charge in [0.05, 0.1) is 5.92 Å². The number of amidine groups is 1. The fraction of sp³-hybridized carbons (Fsp3) is 0.385. The Morgan fingerprint density at radius 1 is 1.33 bits per heavy atom. The van der Waals surface area contributed by atoms with Crippen molar-refractivity contribution in [1.82, 2.24) is 0 Å². The Balaban J connectivity index is 2.67. The van der Waals surface area contributed by atoms with Gasteiger partial charge >= 0.3 is 5.97 Å². The molecule has 0 aliphatic rings. The van der Waals surface area contributed by atoms with Crippen LogP contribution in [0.4, 0.5) is 4.39 Å². The van der Waals surface area contributed by atoms with E-state index in [0.29, 0.717) is 18.4 Å². The van der Waals surface area contributed by atoms with Crippen LogP contribution in [0.25, 0.3) is 0 Å². The van der Waals surface area contributed by atoms with Gasteiger partial charge in [-0.05, 0) is 37.1 Å². The van der Waals surface area contributed by atoms with Crippen LogP contribution in [-0.2, 0) is 9.63 Å². The average Bonchev–Trinajstić information content (AvgIpc) is 2.38. The van der Waals surface area contributed by atoms with Gasteiger partial charge in [0, 0.05) is 5.56 Å². The van der Waals surface area contributed by atoms with Crippen molar-refractivity contribution in [1.29, 1.82) is 0 Å². The number of benzene rings is 1. The summed E-state index contributed by atoms with van der Waals surface area (Å²) in [4.78, 5) is 16.3. The summed E-state index contributed by atoms with van der Waals surface area (Å²) in [6.45, 7) is 3.81. The topological polar surface area (TPSA) is 64.7 Å². The first-order chi connectivity index (χ1) is 8.58. The Bertz CT molecular complexity index is 425. The molecule has 0 bridgehead atoms. The first-order valence-electron chi connectivity index (χ1n) is 5.88. The number of nitrogens with zero attached hydrogens (tertiary/aromatic N) is 1. The number of oxime groups is 1. The van der Waals surface area contributed by atoms with Gasteiger partial charge in [0.1, 0.15) is 5.82 Å². The van der Waals surface area contributed by atoms with Crippen LogP contribution < -0.4 is 5.73 Å². The highest BCUT2D eigenvalue weighted by Gasteiger charge is 2.16. The minimum atomic E-state index is -0.398.